The quantitative estimate of drug-likeness (QED) is 0.657. The van der Waals surface area contributed by atoms with Crippen molar-refractivity contribution in [2.75, 3.05) is 0 Å². The molecule has 1 aliphatic carbocycles. The van der Waals surface area contributed by atoms with E-state index in [0.29, 0.717) is 5.13 Å². The summed E-state index contributed by atoms with van der Waals surface area (Å²) in [6, 6.07) is 10.7. The first-order valence-electron chi connectivity index (χ1n) is 6.70. The Kier molecular flexibility index (Phi) is 3.22. The van der Waals surface area contributed by atoms with Crippen molar-refractivity contribution in [2.24, 2.45) is 16.5 Å². The molecule has 1 aromatic carbocycles. The van der Waals surface area contributed by atoms with Crippen LogP contribution in [0.25, 0.3) is 0 Å². The molecule has 0 saturated heterocycles. The van der Waals surface area contributed by atoms with Gasteiger partial charge >= 0.3 is 0 Å². The maximum absolute atomic E-state index is 5.42. The summed E-state index contributed by atoms with van der Waals surface area (Å²) < 4.78 is 0. The van der Waals surface area contributed by atoms with Crippen LogP contribution in [-0.4, -0.2) is 10.9 Å². The molecule has 2 aromatic rings. The van der Waals surface area contributed by atoms with Crippen LogP contribution in [0.5, 0.6) is 0 Å². The monoisotopic (exact) mass is 286 g/mol. The van der Waals surface area contributed by atoms with Crippen LogP contribution in [0.15, 0.2) is 35.3 Å². The van der Waals surface area contributed by atoms with Gasteiger partial charge in [-0.15, -0.1) is 0 Å². The number of nitrogens with zero attached hydrogens (tertiary/aromatic N) is 2. The van der Waals surface area contributed by atoms with E-state index in [1.54, 1.807) is 11.3 Å². The fraction of sp³-hybridized carbons (Fsp3) is 0.333. The summed E-state index contributed by atoms with van der Waals surface area (Å²) in [4.78, 5) is 9.97. The molecule has 0 fully saturated rings. The molecule has 0 amide bonds. The summed E-state index contributed by atoms with van der Waals surface area (Å²) in [5.41, 5.74) is 13.5. The van der Waals surface area contributed by atoms with Crippen LogP contribution in [0, 0.1) is 0 Å². The molecule has 5 heteroatoms. The van der Waals surface area contributed by atoms with Crippen LogP contribution < -0.4 is 11.5 Å². The van der Waals surface area contributed by atoms with Crippen molar-refractivity contribution in [3.8, 4) is 0 Å². The molecule has 3 rings (SSSR count). The van der Waals surface area contributed by atoms with Gasteiger partial charge in [-0.3, -0.25) is 0 Å². The fourth-order valence-corrected chi connectivity index (χ4v) is 3.76. The lowest BCUT2D eigenvalue weighted by atomic mass is 9.72. The Labute approximate surface area is 122 Å². The van der Waals surface area contributed by atoms with E-state index >= 15 is 0 Å². The second-order valence-electron chi connectivity index (χ2n) is 5.51. The van der Waals surface area contributed by atoms with Gasteiger partial charge in [-0.05, 0) is 23.8 Å². The Hall–Kier alpha value is -1.88. The van der Waals surface area contributed by atoms with Crippen LogP contribution in [0.2, 0.25) is 0 Å². The zero-order valence-corrected chi connectivity index (χ0v) is 12.3. The molecular formula is C15H18N4S. The molecule has 1 unspecified atom stereocenters. The Morgan fingerprint density at radius 2 is 2.05 bits per heavy atom. The molecule has 1 atom stereocenters. The summed E-state index contributed by atoms with van der Waals surface area (Å²) in [7, 11) is 0. The zero-order chi connectivity index (χ0) is 14.2. The third-order valence-electron chi connectivity index (χ3n) is 3.92. The van der Waals surface area contributed by atoms with E-state index in [1.807, 2.05) is 0 Å². The van der Waals surface area contributed by atoms with Crippen molar-refractivity contribution in [1.29, 1.82) is 0 Å². The number of aliphatic imine (C=N–C) groups is 1. The van der Waals surface area contributed by atoms with Crippen LogP contribution in [0.1, 0.15) is 29.5 Å². The van der Waals surface area contributed by atoms with Crippen molar-refractivity contribution in [3.05, 3.63) is 46.5 Å². The molecule has 1 aliphatic rings. The largest absolute Gasteiger partial charge is 0.370 e. The summed E-state index contributed by atoms with van der Waals surface area (Å²) in [5, 5.41) is 0.673. The number of aromatic nitrogens is 1. The second-order valence-corrected chi connectivity index (χ2v) is 6.57. The molecule has 20 heavy (non-hydrogen) atoms. The van der Waals surface area contributed by atoms with Crippen LogP contribution in [0.4, 0.5) is 5.13 Å². The molecule has 0 radical (unpaired) electrons. The van der Waals surface area contributed by atoms with Crippen molar-refractivity contribution in [3.63, 3.8) is 0 Å². The van der Waals surface area contributed by atoms with Gasteiger partial charge in [0.2, 0.25) is 5.13 Å². The second kappa shape index (κ2) is 4.90. The predicted octanol–water partition coefficient (Wildman–Crippen LogP) is 2.49. The molecule has 4 nitrogen and oxygen atoms in total. The maximum atomic E-state index is 5.42. The molecule has 0 saturated carbocycles. The van der Waals surface area contributed by atoms with E-state index in [0.717, 1.165) is 25.0 Å². The van der Waals surface area contributed by atoms with Gasteiger partial charge in [0, 0.05) is 11.3 Å². The van der Waals surface area contributed by atoms with E-state index in [4.69, 9.17) is 11.5 Å². The highest BCUT2D eigenvalue weighted by Gasteiger charge is 2.33. The molecule has 0 spiro atoms. The lowest BCUT2D eigenvalue weighted by molar-refractivity contribution is 0.407. The van der Waals surface area contributed by atoms with Crippen LogP contribution in [-0.2, 0) is 18.3 Å². The highest BCUT2D eigenvalue weighted by molar-refractivity contribution is 7.15. The maximum Gasteiger partial charge on any atom is 0.212 e. The zero-order valence-electron chi connectivity index (χ0n) is 11.5. The van der Waals surface area contributed by atoms with Crippen molar-refractivity contribution in [1.82, 2.24) is 4.98 Å². The van der Waals surface area contributed by atoms with Crippen molar-refractivity contribution < 1.29 is 0 Å². The van der Waals surface area contributed by atoms with Gasteiger partial charge in [-0.25, -0.2) is 4.98 Å². The third-order valence-corrected chi connectivity index (χ3v) is 4.98. The summed E-state index contributed by atoms with van der Waals surface area (Å²) >= 11 is 1.60. The normalized spacial score (nSPS) is 21.2. The molecule has 1 heterocycles. The highest BCUT2D eigenvalue weighted by Crippen LogP contribution is 2.41. The molecule has 4 N–H and O–H groups in total. The molecule has 0 bridgehead atoms. The number of rotatable bonds is 2. The Bertz CT molecular complexity index is 643. The Morgan fingerprint density at radius 1 is 1.30 bits per heavy atom. The van der Waals surface area contributed by atoms with E-state index in [1.165, 1.54) is 10.4 Å². The first kappa shape index (κ1) is 13.1. The van der Waals surface area contributed by atoms with Gasteiger partial charge in [0.05, 0.1) is 5.69 Å². The van der Waals surface area contributed by atoms with Gasteiger partial charge in [0.1, 0.15) is 0 Å². The number of guanidine groups is 1. The summed E-state index contributed by atoms with van der Waals surface area (Å²) in [6.45, 7) is 2.31. The number of thiazole rings is 1. The van der Waals surface area contributed by atoms with Crippen molar-refractivity contribution >= 4 is 22.4 Å². The summed E-state index contributed by atoms with van der Waals surface area (Å²) in [6.07, 6.45) is 3.12. The minimum atomic E-state index is 0.0712. The fourth-order valence-electron chi connectivity index (χ4n) is 2.80. The van der Waals surface area contributed by atoms with Gasteiger partial charge in [-0.1, -0.05) is 48.6 Å². The minimum absolute atomic E-state index is 0.0712. The smallest absolute Gasteiger partial charge is 0.212 e. The minimum Gasteiger partial charge on any atom is -0.370 e. The van der Waals surface area contributed by atoms with Gasteiger partial charge in [0.15, 0.2) is 5.96 Å². The highest BCUT2D eigenvalue weighted by atomic mass is 32.1. The number of hydrogen-bond donors (Lipinski definition) is 2. The standard InChI is InChI=1S/C15H18N4S/c1-15(10-5-3-2-4-6-10)8-7-12-11(9-15)18-14(20-12)19-13(16)17/h2-6H,7-9H2,1H3,(H4,16,17,18,19). The van der Waals surface area contributed by atoms with Gasteiger partial charge < -0.3 is 11.5 Å². The number of benzene rings is 1. The Balaban J connectivity index is 1.92. The SMILES string of the molecule is CC1(c2ccccc2)CCc2sc(N=C(N)N)nc2C1. The molecule has 0 aliphatic heterocycles. The van der Waals surface area contributed by atoms with Crippen LogP contribution >= 0.6 is 11.3 Å². The topological polar surface area (TPSA) is 77.3 Å². The number of nitrogens with two attached hydrogens (primary N) is 2. The van der Waals surface area contributed by atoms with E-state index in [-0.39, 0.29) is 11.4 Å². The molecule has 104 valence electrons. The first-order valence-corrected chi connectivity index (χ1v) is 7.52. The van der Waals surface area contributed by atoms with E-state index in [9.17, 15) is 0 Å². The number of fused-ring (bicyclic) bond motifs is 1. The average Bonchev–Trinajstić information content (AvgIpc) is 2.80. The third kappa shape index (κ3) is 2.41. The lowest BCUT2D eigenvalue weighted by Gasteiger charge is -2.33. The van der Waals surface area contributed by atoms with Gasteiger partial charge in [0.25, 0.3) is 0 Å². The average molecular weight is 286 g/mol. The van der Waals surface area contributed by atoms with E-state index < -0.39 is 0 Å². The number of aryl methyl sites for hydroxylation is 1. The Morgan fingerprint density at radius 3 is 2.75 bits per heavy atom. The molecule has 1 aromatic heterocycles. The first-order chi connectivity index (χ1) is 9.57. The predicted molar refractivity (Wildman–Crippen MR) is 83.4 cm³/mol. The van der Waals surface area contributed by atoms with Gasteiger partial charge in [-0.2, -0.15) is 4.99 Å². The summed E-state index contributed by atoms with van der Waals surface area (Å²) in [5.74, 6) is 0.0712. The van der Waals surface area contributed by atoms with Crippen molar-refractivity contribution in [2.45, 2.75) is 31.6 Å². The van der Waals surface area contributed by atoms with Crippen LogP contribution in [0.3, 0.4) is 0 Å². The van der Waals surface area contributed by atoms with E-state index in [2.05, 4.69) is 47.2 Å². The lowest BCUT2D eigenvalue weighted by Crippen LogP contribution is -2.29. The molecular weight excluding hydrogens is 268 g/mol. The number of hydrogen-bond acceptors (Lipinski definition) is 3.